The van der Waals surface area contributed by atoms with Crippen LogP contribution in [-0.2, 0) is 20.4 Å². The minimum absolute atomic E-state index is 0.119. The van der Waals surface area contributed by atoms with Crippen LogP contribution in [0.25, 0.3) is 5.69 Å². The van der Waals surface area contributed by atoms with Crippen molar-refractivity contribution in [1.82, 2.24) is 14.3 Å². The molecule has 0 saturated heterocycles. The number of carbonyl (C=O) groups excluding carboxylic acids is 1. The van der Waals surface area contributed by atoms with Crippen molar-refractivity contribution in [3.63, 3.8) is 0 Å². The van der Waals surface area contributed by atoms with Gasteiger partial charge < -0.3 is 11.1 Å². The molecule has 0 aliphatic carbocycles. The Morgan fingerprint density at radius 3 is 2.12 bits per heavy atom. The minimum Gasteiger partial charge on any atom is -0.399 e. The molecule has 1 aliphatic heterocycles. The molecule has 0 radical (unpaired) electrons. The van der Waals surface area contributed by atoms with Gasteiger partial charge in [0.25, 0.3) is 11.5 Å². The van der Waals surface area contributed by atoms with Gasteiger partial charge in [0.1, 0.15) is 11.6 Å². The van der Waals surface area contributed by atoms with Gasteiger partial charge in [-0.1, -0.05) is 0 Å². The van der Waals surface area contributed by atoms with E-state index in [1.165, 1.54) is 4.72 Å². The molecule has 2 heterocycles. The Kier molecular flexibility index (Phi) is 5.13. The summed E-state index contributed by atoms with van der Waals surface area (Å²) < 4.78 is 84.0. The van der Waals surface area contributed by atoms with E-state index in [2.05, 4.69) is 0 Å². The zero-order chi connectivity index (χ0) is 25.1. The lowest BCUT2D eigenvalue weighted by atomic mass is 9.93. The van der Waals surface area contributed by atoms with Crippen LogP contribution in [0.3, 0.4) is 0 Å². The van der Waals surface area contributed by atoms with E-state index in [9.17, 15) is 40.4 Å². The summed E-state index contributed by atoms with van der Waals surface area (Å²) in [6.07, 6.45) is -5.68. The number of nitrogens with zero attached hydrogens (tertiary/aromatic N) is 1. The van der Waals surface area contributed by atoms with Crippen molar-refractivity contribution < 1.29 is 30.8 Å². The number of nitrogens with two attached hydrogens (primary N) is 1. The van der Waals surface area contributed by atoms with Gasteiger partial charge in [0.05, 0.1) is 16.1 Å². The van der Waals surface area contributed by atoms with Crippen molar-refractivity contribution in [3.05, 3.63) is 80.7 Å². The van der Waals surface area contributed by atoms with E-state index in [0.29, 0.717) is 4.57 Å². The Hall–Kier alpha value is -3.98. The summed E-state index contributed by atoms with van der Waals surface area (Å²) in [5.74, 6) is -3.63. The summed E-state index contributed by atoms with van der Waals surface area (Å²) in [7, 11) is -5.06. The maximum Gasteiger partial charge on any atom is 0.421 e. The fraction of sp³-hybridized carbons (Fsp3) is 0.105. The maximum absolute atomic E-state index is 14.4. The molecule has 0 saturated carbocycles. The molecule has 2 aromatic carbocycles. The first-order valence-electron chi connectivity index (χ1n) is 9.21. The van der Waals surface area contributed by atoms with Gasteiger partial charge in [-0.25, -0.2) is 22.2 Å². The number of nitrogens with one attached hydrogen (secondary N) is 3. The first-order valence-corrected chi connectivity index (χ1v) is 10.7. The Labute approximate surface area is 187 Å². The van der Waals surface area contributed by atoms with E-state index < -0.39 is 61.0 Å². The molecule has 5 N–H and O–H groups in total. The van der Waals surface area contributed by atoms with Gasteiger partial charge in [-0.15, -0.1) is 0 Å². The second kappa shape index (κ2) is 7.53. The minimum atomic E-state index is -5.68. The summed E-state index contributed by atoms with van der Waals surface area (Å²) in [5, 5.41) is 1.78. The molecule has 34 heavy (non-hydrogen) atoms. The van der Waals surface area contributed by atoms with E-state index >= 15 is 0 Å². The Balaban J connectivity index is 2.01. The fourth-order valence-electron chi connectivity index (χ4n) is 3.49. The summed E-state index contributed by atoms with van der Waals surface area (Å²) in [5.41, 5.74) is -3.04. The summed E-state index contributed by atoms with van der Waals surface area (Å²) >= 11 is 0. The van der Waals surface area contributed by atoms with Gasteiger partial charge in [-0.05, 0) is 48.5 Å². The summed E-state index contributed by atoms with van der Waals surface area (Å²) in [6, 6.07) is 7.81. The van der Waals surface area contributed by atoms with Crippen LogP contribution in [0, 0.1) is 5.82 Å². The number of anilines is 2. The van der Waals surface area contributed by atoms with Crippen LogP contribution < -0.4 is 27.0 Å². The molecule has 1 atom stereocenters. The van der Waals surface area contributed by atoms with E-state index in [1.807, 2.05) is 0 Å². The van der Waals surface area contributed by atoms with Crippen LogP contribution in [0.4, 0.5) is 29.1 Å². The van der Waals surface area contributed by atoms with Gasteiger partial charge in [0.2, 0.25) is 15.6 Å². The number of nitrogen functional groups attached to an aromatic ring is 1. The predicted octanol–water partition coefficient (Wildman–Crippen LogP) is 0.935. The average molecular weight is 499 g/mol. The number of halogens is 4. The zero-order valence-corrected chi connectivity index (χ0v) is 17.4. The monoisotopic (exact) mass is 499 g/mol. The van der Waals surface area contributed by atoms with Gasteiger partial charge in [0.15, 0.2) is 0 Å². The number of sulfonamides is 1. The quantitative estimate of drug-likeness (QED) is 0.309. The third-order valence-electron chi connectivity index (χ3n) is 5.05. The number of rotatable bonds is 4. The largest absolute Gasteiger partial charge is 0.421 e. The highest BCUT2D eigenvalue weighted by molar-refractivity contribution is 7.89. The fourth-order valence-corrected chi connectivity index (χ4v) is 4.81. The van der Waals surface area contributed by atoms with Crippen molar-refractivity contribution >= 4 is 27.4 Å². The van der Waals surface area contributed by atoms with Gasteiger partial charge in [-0.2, -0.15) is 17.9 Å². The number of aromatic amines is 1. The molecule has 1 aliphatic rings. The topological polar surface area (TPSA) is 156 Å². The van der Waals surface area contributed by atoms with Crippen LogP contribution in [0.1, 0.15) is 5.56 Å². The molecule has 1 aromatic heterocycles. The molecule has 0 fully saturated rings. The van der Waals surface area contributed by atoms with Crippen LogP contribution in [0.2, 0.25) is 0 Å². The molecule has 4 rings (SSSR count). The van der Waals surface area contributed by atoms with Crippen molar-refractivity contribution in [2.75, 3.05) is 11.1 Å². The van der Waals surface area contributed by atoms with Crippen LogP contribution in [0.15, 0.2) is 63.0 Å². The third-order valence-corrected chi connectivity index (χ3v) is 6.51. The number of benzene rings is 2. The average Bonchev–Trinajstić information content (AvgIpc) is 3.02. The molecular weight excluding hydrogens is 486 g/mol. The van der Waals surface area contributed by atoms with E-state index in [-0.39, 0.29) is 11.4 Å². The highest BCUT2D eigenvalue weighted by atomic mass is 32.2. The lowest BCUT2D eigenvalue weighted by Gasteiger charge is -2.29. The molecule has 0 unspecified atom stereocenters. The smallest absolute Gasteiger partial charge is 0.399 e. The van der Waals surface area contributed by atoms with Gasteiger partial charge >= 0.3 is 11.9 Å². The molecule has 15 heteroatoms. The second-order valence-corrected chi connectivity index (χ2v) is 8.85. The zero-order valence-electron chi connectivity index (χ0n) is 16.6. The van der Waals surface area contributed by atoms with E-state index in [1.54, 1.807) is 10.3 Å². The number of carbonyl (C=O) groups is 1. The van der Waals surface area contributed by atoms with Crippen molar-refractivity contribution in [2.24, 2.45) is 0 Å². The standard InChI is InChI=1S/C19H13F4N5O5S/c20-9-1-5-11(6-2-9)28-14-13(15(29)26-17(28)31)18(16(30)25-14,19(21,22)23)27-34(32,33)12-7-3-10(24)4-8-12/h1-8,27H,24H2,(H,25,30)(H,26,29,31)/t18-/m1/s1. The van der Waals surface area contributed by atoms with Crippen molar-refractivity contribution in [1.29, 1.82) is 0 Å². The molecule has 0 spiro atoms. The number of amides is 1. The van der Waals surface area contributed by atoms with Crippen molar-refractivity contribution in [3.8, 4) is 5.69 Å². The van der Waals surface area contributed by atoms with Crippen LogP contribution in [0.5, 0.6) is 0 Å². The highest BCUT2D eigenvalue weighted by Crippen LogP contribution is 2.46. The Morgan fingerprint density at radius 2 is 1.56 bits per heavy atom. The van der Waals surface area contributed by atoms with Crippen molar-refractivity contribution in [2.45, 2.75) is 16.6 Å². The number of aromatic nitrogens is 2. The second-order valence-electron chi connectivity index (χ2n) is 7.17. The van der Waals surface area contributed by atoms with E-state index in [4.69, 9.17) is 5.73 Å². The highest BCUT2D eigenvalue weighted by Gasteiger charge is 2.69. The normalized spacial score (nSPS) is 17.9. The van der Waals surface area contributed by atoms with Crippen LogP contribution >= 0.6 is 0 Å². The third kappa shape index (κ3) is 3.45. The number of H-pyrrole nitrogens is 1. The van der Waals surface area contributed by atoms with E-state index in [0.717, 1.165) is 48.5 Å². The van der Waals surface area contributed by atoms with Gasteiger partial charge in [0, 0.05) is 5.69 Å². The maximum atomic E-state index is 14.4. The summed E-state index contributed by atoms with van der Waals surface area (Å²) in [6.45, 7) is 0. The lowest BCUT2D eigenvalue weighted by molar-refractivity contribution is -0.194. The first kappa shape index (κ1) is 23.2. The van der Waals surface area contributed by atoms with Crippen LogP contribution in [-0.4, -0.2) is 30.1 Å². The Morgan fingerprint density at radius 1 is 0.971 bits per heavy atom. The SMILES string of the molecule is Nc1ccc(S(=O)(=O)N[C@@]2(C(F)(F)F)C(=O)Nc3c2c(=O)[nH]c(=O)n3-c2ccc(F)cc2)cc1. The lowest BCUT2D eigenvalue weighted by Crippen LogP contribution is -2.61. The number of hydrogen-bond donors (Lipinski definition) is 4. The molecule has 0 bridgehead atoms. The summed E-state index contributed by atoms with van der Waals surface area (Å²) in [4.78, 5) is 38.7. The molecule has 1 amide bonds. The molecule has 10 nitrogen and oxygen atoms in total. The molecule has 3 aromatic rings. The number of fused-ring (bicyclic) bond motifs is 1. The molecule has 178 valence electrons. The molecular formula is C19H13F4N5O5S. The Bertz CT molecular complexity index is 1530. The predicted molar refractivity (Wildman–Crippen MR) is 110 cm³/mol. The first-order chi connectivity index (χ1) is 15.8. The number of hydrogen-bond acceptors (Lipinski definition) is 6. The van der Waals surface area contributed by atoms with Gasteiger partial charge in [-0.3, -0.25) is 14.6 Å². The number of alkyl halides is 3.